The molecule has 0 radical (unpaired) electrons. The average molecular weight is 428 g/mol. The van der Waals surface area contributed by atoms with Gasteiger partial charge in [-0.2, -0.15) is 0 Å². The van der Waals surface area contributed by atoms with Crippen LogP contribution in [0.15, 0.2) is 82.6 Å². The summed E-state index contributed by atoms with van der Waals surface area (Å²) in [7, 11) is -3.54. The van der Waals surface area contributed by atoms with Gasteiger partial charge in [0.15, 0.2) is 15.6 Å². The van der Waals surface area contributed by atoms with Crippen molar-refractivity contribution in [1.29, 1.82) is 0 Å². The van der Waals surface area contributed by atoms with Crippen LogP contribution < -0.4 is 10.5 Å². The minimum Gasteiger partial charge on any atom is -0.456 e. The average Bonchev–Trinajstić information content (AvgIpc) is 2.92. The lowest BCUT2D eigenvalue weighted by atomic mass is 10.1. The number of benzene rings is 3. The van der Waals surface area contributed by atoms with E-state index in [2.05, 4.69) is 0 Å². The largest absolute Gasteiger partial charge is 0.456 e. The molecular formula is C22H21NO4S2. The van der Waals surface area contributed by atoms with Crippen molar-refractivity contribution in [2.75, 3.05) is 6.26 Å². The molecule has 1 aliphatic rings. The summed E-state index contributed by atoms with van der Waals surface area (Å²) in [6, 6.07) is 21.7. The molecule has 0 fully saturated rings. The van der Waals surface area contributed by atoms with Crippen LogP contribution in [0.1, 0.15) is 11.1 Å². The standard InChI is InChI=1S/C22H21NO4S2/c1-29(25,26)20-12-15-13-21(28-17-10-6-3-7-11-17)22(23,24)18(15)14-19(20)27-16-8-4-2-5-9-16/h2-12,14,21,24H,13,23H2,1H3. The predicted molar refractivity (Wildman–Crippen MR) is 114 cm³/mol. The van der Waals surface area contributed by atoms with Gasteiger partial charge in [0.2, 0.25) is 0 Å². The Labute approximate surface area is 174 Å². The van der Waals surface area contributed by atoms with E-state index in [1.807, 2.05) is 36.4 Å². The van der Waals surface area contributed by atoms with Crippen LogP contribution in [-0.4, -0.2) is 25.0 Å². The molecule has 2 unspecified atom stereocenters. The molecule has 0 spiro atoms. The maximum atomic E-state index is 12.4. The first-order valence-electron chi connectivity index (χ1n) is 9.08. The van der Waals surface area contributed by atoms with Crippen LogP contribution in [0.2, 0.25) is 0 Å². The first-order chi connectivity index (χ1) is 13.7. The summed E-state index contributed by atoms with van der Waals surface area (Å²) < 4.78 is 30.7. The molecule has 0 saturated heterocycles. The van der Waals surface area contributed by atoms with E-state index in [1.54, 1.807) is 36.4 Å². The number of hydrogen-bond acceptors (Lipinski definition) is 6. The summed E-state index contributed by atoms with van der Waals surface area (Å²) in [5.41, 5.74) is 5.92. The zero-order valence-electron chi connectivity index (χ0n) is 15.8. The van der Waals surface area contributed by atoms with E-state index in [-0.39, 0.29) is 15.9 Å². The van der Waals surface area contributed by atoms with Crippen molar-refractivity contribution in [3.8, 4) is 11.5 Å². The number of thioether (sulfide) groups is 1. The molecule has 0 saturated carbocycles. The summed E-state index contributed by atoms with van der Waals surface area (Å²) >= 11 is 1.47. The lowest BCUT2D eigenvalue weighted by molar-refractivity contribution is 0.0516. The van der Waals surface area contributed by atoms with Crippen LogP contribution in [0.5, 0.6) is 11.5 Å². The van der Waals surface area contributed by atoms with E-state index < -0.39 is 15.6 Å². The zero-order valence-corrected chi connectivity index (χ0v) is 17.4. The molecule has 0 amide bonds. The predicted octanol–water partition coefficient (Wildman–Crippen LogP) is 3.70. The SMILES string of the molecule is CS(=O)(=O)c1cc2c(cc1Oc1ccccc1)C(N)(O)C(Sc1ccccc1)C2. The van der Waals surface area contributed by atoms with E-state index in [9.17, 15) is 13.5 Å². The summed E-state index contributed by atoms with van der Waals surface area (Å²) in [5.74, 6) is 0.665. The van der Waals surface area contributed by atoms with E-state index >= 15 is 0 Å². The van der Waals surface area contributed by atoms with Crippen LogP contribution in [-0.2, 0) is 22.0 Å². The van der Waals surface area contributed by atoms with Crippen LogP contribution >= 0.6 is 11.8 Å². The minimum absolute atomic E-state index is 0.0845. The number of rotatable bonds is 5. The van der Waals surface area contributed by atoms with Crippen molar-refractivity contribution >= 4 is 21.6 Å². The molecule has 0 heterocycles. The number of fused-ring (bicyclic) bond motifs is 1. The first kappa shape index (κ1) is 20.0. The van der Waals surface area contributed by atoms with Gasteiger partial charge in [0.05, 0.1) is 5.25 Å². The van der Waals surface area contributed by atoms with Gasteiger partial charge >= 0.3 is 0 Å². The van der Waals surface area contributed by atoms with Crippen LogP contribution in [0.4, 0.5) is 0 Å². The highest BCUT2D eigenvalue weighted by Gasteiger charge is 2.44. The van der Waals surface area contributed by atoms with Crippen molar-refractivity contribution in [2.24, 2.45) is 5.73 Å². The Morgan fingerprint density at radius 1 is 1.07 bits per heavy atom. The third kappa shape index (κ3) is 4.04. The Hall–Kier alpha value is -2.32. The molecule has 0 bridgehead atoms. The highest BCUT2D eigenvalue weighted by Crippen LogP contribution is 2.46. The zero-order chi connectivity index (χ0) is 20.6. The second-order valence-corrected chi connectivity index (χ2v) is 10.4. The molecule has 4 rings (SSSR count). The topological polar surface area (TPSA) is 89.6 Å². The fourth-order valence-corrected chi connectivity index (χ4v) is 5.49. The highest BCUT2D eigenvalue weighted by molar-refractivity contribution is 8.00. The van der Waals surface area contributed by atoms with Gasteiger partial charge in [-0.3, -0.25) is 5.73 Å². The molecule has 3 N–H and O–H groups in total. The summed E-state index contributed by atoms with van der Waals surface area (Å²) in [4.78, 5) is 1.07. The molecule has 5 nitrogen and oxygen atoms in total. The van der Waals surface area contributed by atoms with Gasteiger partial charge in [-0.05, 0) is 48.4 Å². The maximum Gasteiger partial charge on any atom is 0.179 e. The molecule has 0 aromatic heterocycles. The quantitative estimate of drug-likeness (QED) is 0.604. The number of hydrogen-bond donors (Lipinski definition) is 2. The molecule has 7 heteroatoms. The molecule has 150 valence electrons. The second kappa shape index (κ2) is 7.50. The molecule has 2 atom stereocenters. The molecule has 3 aromatic rings. The Balaban J connectivity index is 1.75. The lowest BCUT2D eigenvalue weighted by Crippen LogP contribution is -2.43. The van der Waals surface area contributed by atoms with Crippen LogP contribution in [0.25, 0.3) is 0 Å². The Bertz CT molecular complexity index is 1130. The summed E-state index contributed by atoms with van der Waals surface area (Å²) in [6.07, 6.45) is 1.60. The third-order valence-electron chi connectivity index (χ3n) is 4.89. The van der Waals surface area contributed by atoms with E-state index in [0.29, 0.717) is 23.3 Å². The van der Waals surface area contributed by atoms with Gasteiger partial charge in [0.1, 0.15) is 16.4 Å². The van der Waals surface area contributed by atoms with Crippen molar-refractivity contribution in [3.05, 3.63) is 83.9 Å². The smallest absolute Gasteiger partial charge is 0.179 e. The van der Waals surface area contributed by atoms with Gasteiger partial charge in [0.25, 0.3) is 0 Å². The minimum atomic E-state index is -3.54. The lowest BCUT2D eigenvalue weighted by Gasteiger charge is -2.26. The fraction of sp³-hybridized carbons (Fsp3) is 0.182. The van der Waals surface area contributed by atoms with Gasteiger partial charge in [-0.25, -0.2) is 8.42 Å². The van der Waals surface area contributed by atoms with Gasteiger partial charge < -0.3 is 9.84 Å². The van der Waals surface area contributed by atoms with Crippen molar-refractivity contribution in [3.63, 3.8) is 0 Å². The summed E-state index contributed by atoms with van der Waals surface area (Å²) in [6.45, 7) is 0. The van der Waals surface area contributed by atoms with Gasteiger partial charge in [-0.15, -0.1) is 11.8 Å². The molecule has 3 aromatic carbocycles. The molecule has 29 heavy (non-hydrogen) atoms. The summed E-state index contributed by atoms with van der Waals surface area (Å²) in [5, 5.41) is 10.8. The van der Waals surface area contributed by atoms with Crippen molar-refractivity contribution in [2.45, 2.75) is 27.2 Å². The molecular weight excluding hydrogens is 406 g/mol. The number of nitrogens with two attached hydrogens (primary N) is 1. The van der Waals surface area contributed by atoms with Gasteiger partial charge in [-0.1, -0.05) is 36.4 Å². The number of para-hydroxylation sites is 1. The number of aliphatic hydroxyl groups is 1. The number of sulfone groups is 1. The Kier molecular flexibility index (Phi) is 5.16. The van der Waals surface area contributed by atoms with E-state index in [4.69, 9.17) is 10.5 Å². The first-order valence-corrected chi connectivity index (χ1v) is 11.9. The normalized spacial score (nSPS) is 21.0. The molecule has 1 aliphatic carbocycles. The Morgan fingerprint density at radius 2 is 1.69 bits per heavy atom. The number of ether oxygens (including phenoxy) is 1. The highest BCUT2D eigenvalue weighted by atomic mass is 32.2. The van der Waals surface area contributed by atoms with Crippen molar-refractivity contribution in [1.82, 2.24) is 0 Å². The fourth-order valence-electron chi connectivity index (χ4n) is 3.45. The molecule has 0 aliphatic heterocycles. The third-order valence-corrected chi connectivity index (χ3v) is 7.36. The van der Waals surface area contributed by atoms with E-state index in [1.165, 1.54) is 11.8 Å². The van der Waals surface area contributed by atoms with Gasteiger partial charge in [0, 0.05) is 16.7 Å². The maximum absolute atomic E-state index is 12.4. The van der Waals surface area contributed by atoms with Crippen LogP contribution in [0, 0.1) is 0 Å². The van der Waals surface area contributed by atoms with E-state index in [0.717, 1.165) is 11.2 Å². The van der Waals surface area contributed by atoms with Crippen molar-refractivity contribution < 1.29 is 18.3 Å². The van der Waals surface area contributed by atoms with Crippen LogP contribution in [0.3, 0.4) is 0 Å². The second-order valence-electron chi connectivity index (χ2n) is 7.09. The monoisotopic (exact) mass is 427 g/mol. The Morgan fingerprint density at radius 3 is 2.31 bits per heavy atom.